The van der Waals surface area contributed by atoms with Crippen molar-refractivity contribution in [1.82, 2.24) is 0 Å². The van der Waals surface area contributed by atoms with Crippen molar-refractivity contribution in [2.75, 3.05) is 0 Å². The first-order valence-electron chi connectivity index (χ1n) is 8.29. The molecule has 0 spiro atoms. The fraction of sp³-hybridized carbons (Fsp3) is 0.579. The van der Waals surface area contributed by atoms with Gasteiger partial charge in [-0.25, -0.2) is 0 Å². The summed E-state index contributed by atoms with van der Waals surface area (Å²) in [6, 6.07) is 6.12. The summed E-state index contributed by atoms with van der Waals surface area (Å²) >= 11 is 0. The van der Waals surface area contributed by atoms with Crippen LogP contribution in [0.2, 0.25) is 0 Å². The quantitative estimate of drug-likeness (QED) is 0.775. The molecule has 1 nitrogen and oxygen atoms in total. The summed E-state index contributed by atoms with van der Waals surface area (Å²) in [5, 5.41) is 9.74. The topological polar surface area (TPSA) is 20.2 Å². The number of benzene rings is 1. The molecule has 20 heavy (non-hydrogen) atoms. The van der Waals surface area contributed by atoms with Crippen molar-refractivity contribution in [1.29, 1.82) is 0 Å². The third-order valence-electron chi connectivity index (χ3n) is 5.88. The van der Waals surface area contributed by atoms with Crippen LogP contribution in [0.4, 0.5) is 0 Å². The smallest absolute Gasteiger partial charge is 0.115 e. The van der Waals surface area contributed by atoms with Gasteiger partial charge >= 0.3 is 0 Å². The van der Waals surface area contributed by atoms with Gasteiger partial charge < -0.3 is 5.11 Å². The summed E-state index contributed by atoms with van der Waals surface area (Å²) in [5.41, 5.74) is 6.97. The van der Waals surface area contributed by atoms with Crippen LogP contribution in [0, 0.1) is 5.92 Å². The number of rotatable bonds is 3. The van der Waals surface area contributed by atoms with Crippen LogP contribution in [0.15, 0.2) is 29.3 Å². The number of allylic oxidation sites excluding steroid dienone is 2. The Balaban J connectivity index is 1.80. The molecule has 106 valence electrons. The molecule has 1 N–H and O–H groups in total. The zero-order chi connectivity index (χ0) is 13.7. The van der Waals surface area contributed by atoms with E-state index in [0.29, 0.717) is 11.2 Å². The average molecular weight is 268 g/mol. The lowest BCUT2D eigenvalue weighted by molar-refractivity contribution is 0.191. The molecule has 1 fully saturated rings. The Morgan fingerprint density at radius 3 is 3.10 bits per heavy atom. The van der Waals surface area contributed by atoms with E-state index < -0.39 is 0 Å². The van der Waals surface area contributed by atoms with Gasteiger partial charge in [0.05, 0.1) is 0 Å². The summed E-state index contributed by atoms with van der Waals surface area (Å²) in [4.78, 5) is 0. The van der Waals surface area contributed by atoms with Crippen LogP contribution in [0.5, 0.6) is 5.75 Å². The monoisotopic (exact) mass is 268 g/mol. The van der Waals surface area contributed by atoms with Crippen molar-refractivity contribution in [2.24, 2.45) is 5.92 Å². The van der Waals surface area contributed by atoms with Gasteiger partial charge in [-0.05, 0) is 74.1 Å². The molecule has 2 atom stereocenters. The van der Waals surface area contributed by atoms with Crippen LogP contribution in [-0.2, 0) is 11.8 Å². The van der Waals surface area contributed by atoms with Crippen LogP contribution >= 0.6 is 0 Å². The standard InChI is InChI=1S/C19H24O/c1-2-3-5-13-6-4-9-19-12-15(18(13)19)10-14-11-16(20)7-8-17(14)19/h7-8,11,15,20H,2-6,9-10,12H2,1H3. The molecule has 0 saturated heterocycles. The molecule has 1 aromatic rings. The Hall–Kier alpha value is -1.24. The number of phenolic OH excluding ortho intramolecular Hbond substituents is 1. The van der Waals surface area contributed by atoms with E-state index in [1.807, 2.05) is 17.7 Å². The van der Waals surface area contributed by atoms with Crippen LogP contribution in [0.3, 0.4) is 0 Å². The third-order valence-corrected chi connectivity index (χ3v) is 5.88. The molecule has 0 heterocycles. The van der Waals surface area contributed by atoms with Crippen molar-refractivity contribution < 1.29 is 5.11 Å². The molecule has 1 aromatic carbocycles. The van der Waals surface area contributed by atoms with Gasteiger partial charge in [-0.3, -0.25) is 0 Å². The number of aromatic hydroxyl groups is 1. The van der Waals surface area contributed by atoms with E-state index in [0.717, 1.165) is 12.3 Å². The fourth-order valence-corrected chi connectivity index (χ4v) is 5.19. The van der Waals surface area contributed by atoms with Gasteiger partial charge in [0, 0.05) is 5.41 Å². The SMILES string of the molecule is CCCCC1=C2C3Cc4cc(O)ccc4C2(CCC1)C3. The van der Waals surface area contributed by atoms with Crippen LogP contribution < -0.4 is 0 Å². The average Bonchev–Trinajstić information content (AvgIpc) is 2.43. The number of phenols is 1. The minimum Gasteiger partial charge on any atom is -0.508 e. The second-order valence-electron chi connectivity index (χ2n) is 7.00. The van der Waals surface area contributed by atoms with Crippen molar-refractivity contribution in [3.8, 4) is 5.75 Å². The predicted molar refractivity (Wildman–Crippen MR) is 82.0 cm³/mol. The molecular formula is C19H24O. The van der Waals surface area contributed by atoms with E-state index in [9.17, 15) is 5.11 Å². The van der Waals surface area contributed by atoms with Gasteiger partial charge in [-0.2, -0.15) is 0 Å². The van der Waals surface area contributed by atoms with Crippen LogP contribution in [0.1, 0.15) is 63.0 Å². The van der Waals surface area contributed by atoms with E-state index in [1.165, 1.54) is 50.5 Å². The maximum atomic E-state index is 9.74. The molecule has 3 aliphatic carbocycles. The molecule has 2 unspecified atom stereocenters. The highest BCUT2D eigenvalue weighted by atomic mass is 16.3. The summed E-state index contributed by atoms with van der Waals surface area (Å²) < 4.78 is 0. The first-order chi connectivity index (χ1) is 9.74. The molecule has 1 heteroatoms. The highest BCUT2D eigenvalue weighted by Gasteiger charge is 2.55. The first-order valence-corrected chi connectivity index (χ1v) is 8.29. The fourth-order valence-electron chi connectivity index (χ4n) is 5.19. The largest absolute Gasteiger partial charge is 0.508 e. The minimum absolute atomic E-state index is 0.382. The Morgan fingerprint density at radius 1 is 1.35 bits per heavy atom. The van der Waals surface area contributed by atoms with E-state index >= 15 is 0 Å². The summed E-state index contributed by atoms with van der Waals surface area (Å²) in [6.45, 7) is 2.30. The first kappa shape index (κ1) is 12.5. The molecular weight excluding hydrogens is 244 g/mol. The van der Waals surface area contributed by atoms with E-state index in [4.69, 9.17) is 0 Å². The molecule has 0 aromatic heterocycles. The van der Waals surface area contributed by atoms with Gasteiger partial charge in [0.25, 0.3) is 0 Å². The summed E-state index contributed by atoms with van der Waals surface area (Å²) in [5.74, 6) is 1.23. The number of fused-ring (bicyclic) bond motifs is 1. The van der Waals surface area contributed by atoms with Crippen LogP contribution in [0.25, 0.3) is 0 Å². The Labute approximate surface area is 121 Å². The number of hydrogen-bond donors (Lipinski definition) is 1. The zero-order valence-electron chi connectivity index (χ0n) is 12.4. The third kappa shape index (κ3) is 1.55. The molecule has 0 amide bonds. The van der Waals surface area contributed by atoms with Gasteiger partial charge in [0.1, 0.15) is 5.75 Å². The maximum absolute atomic E-state index is 9.74. The minimum atomic E-state index is 0.382. The number of unbranched alkanes of at least 4 members (excludes halogenated alkanes) is 1. The second kappa shape index (κ2) is 4.38. The Bertz CT molecular complexity index is 583. The molecule has 0 aliphatic heterocycles. The Morgan fingerprint density at radius 2 is 2.25 bits per heavy atom. The van der Waals surface area contributed by atoms with Gasteiger partial charge in [-0.15, -0.1) is 0 Å². The van der Waals surface area contributed by atoms with Crippen molar-refractivity contribution >= 4 is 0 Å². The predicted octanol–water partition coefficient (Wildman–Crippen LogP) is 4.88. The summed E-state index contributed by atoms with van der Waals surface area (Å²) in [7, 11) is 0. The lowest BCUT2D eigenvalue weighted by Crippen LogP contribution is -2.51. The van der Waals surface area contributed by atoms with Gasteiger partial charge in [0.2, 0.25) is 0 Å². The van der Waals surface area contributed by atoms with Crippen molar-refractivity contribution in [3.05, 3.63) is 40.5 Å². The van der Waals surface area contributed by atoms with Crippen molar-refractivity contribution in [3.63, 3.8) is 0 Å². The van der Waals surface area contributed by atoms with Crippen molar-refractivity contribution in [2.45, 2.75) is 63.7 Å². The number of hydrogen-bond acceptors (Lipinski definition) is 1. The second-order valence-corrected chi connectivity index (χ2v) is 7.00. The normalized spacial score (nSPS) is 30.6. The highest BCUT2D eigenvalue weighted by Crippen LogP contribution is 2.64. The van der Waals surface area contributed by atoms with Gasteiger partial charge in [-0.1, -0.05) is 30.6 Å². The molecule has 2 bridgehead atoms. The van der Waals surface area contributed by atoms with Crippen LogP contribution in [-0.4, -0.2) is 5.11 Å². The molecule has 0 radical (unpaired) electrons. The lowest BCUT2D eigenvalue weighted by Gasteiger charge is -2.59. The van der Waals surface area contributed by atoms with E-state index in [2.05, 4.69) is 13.0 Å². The van der Waals surface area contributed by atoms with E-state index in [1.54, 1.807) is 11.1 Å². The lowest BCUT2D eigenvalue weighted by atomic mass is 9.44. The molecule has 1 saturated carbocycles. The molecule has 4 rings (SSSR count). The maximum Gasteiger partial charge on any atom is 0.115 e. The molecule has 3 aliphatic rings. The van der Waals surface area contributed by atoms with Gasteiger partial charge in [0.15, 0.2) is 0 Å². The van der Waals surface area contributed by atoms with E-state index in [-0.39, 0.29) is 0 Å². The highest BCUT2D eigenvalue weighted by molar-refractivity contribution is 5.57. The zero-order valence-corrected chi connectivity index (χ0v) is 12.4. The Kier molecular flexibility index (Phi) is 2.73. The summed E-state index contributed by atoms with van der Waals surface area (Å²) in [6.07, 6.45) is 10.6.